The Morgan fingerprint density at radius 1 is 1.25 bits per heavy atom. The quantitative estimate of drug-likeness (QED) is 0.758. The molecular weight excluding hydrogens is 202 g/mol. The minimum Gasteiger partial charge on any atom is -0.375 e. The topological polar surface area (TPSA) is 30.5 Å². The molecule has 0 aromatic rings. The molecule has 3 unspecified atom stereocenters. The van der Waals surface area contributed by atoms with Crippen LogP contribution in [-0.4, -0.2) is 37.5 Å². The van der Waals surface area contributed by atoms with Crippen molar-refractivity contribution < 1.29 is 9.47 Å². The summed E-state index contributed by atoms with van der Waals surface area (Å²) in [6, 6.07) is 0. The predicted octanol–water partition coefficient (Wildman–Crippen LogP) is 2.35. The molecule has 1 saturated heterocycles. The third-order valence-corrected chi connectivity index (χ3v) is 3.12. The van der Waals surface area contributed by atoms with Crippen molar-refractivity contribution in [2.45, 2.75) is 71.4 Å². The highest BCUT2D eigenvalue weighted by atomic mass is 16.5. The zero-order chi connectivity index (χ0) is 12.0. The van der Waals surface area contributed by atoms with Gasteiger partial charge in [0.05, 0.1) is 24.4 Å². The summed E-state index contributed by atoms with van der Waals surface area (Å²) in [5.74, 6) is 0. The van der Waals surface area contributed by atoms with E-state index in [0.29, 0.717) is 24.4 Å². The van der Waals surface area contributed by atoms with E-state index in [4.69, 9.17) is 9.47 Å². The lowest BCUT2D eigenvalue weighted by molar-refractivity contribution is -0.121. The highest BCUT2D eigenvalue weighted by molar-refractivity contribution is 4.75. The van der Waals surface area contributed by atoms with E-state index in [-0.39, 0.29) is 0 Å². The molecule has 0 aromatic heterocycles. The molecule has 3 atom stereocenters. The van der Waals surface area contributed by atoms with Crippen LogP contribution in [0.2, 0.25) is 0 Å². The average molecular weight is 229 g/mol. The smallest absolute Gasteiger partial charge is 0.0700 e. The van der Waals surface area contributed by atoms with Crippen LogP contribution in [0.3, 0.4) is 0 Å². The molecular formula is C13H27NO2. The van der Waals surface area contributed by atoms with Crippen LogP contribution >= 0.6 is 0 Å². The second kappa shape index (κ2) is 7.25. The van der Waals surface area contributed by atoms with E-state index in [2.05, 4.69) is 33.0 Å². The third-order valence-electron chi connectivity index (χ3n) is 3.12. The Kier molecular flexibility index (Phi) is 6.32. The summed E-state index contributed by atoms with van der Waals surface area (Å²) in [5.41, 5.74) is 0. The summed E-state index contributed by atoms with van der Waals surface area (Å²) < 4.78 is 11.9. The van der Waals surface area contributed by atoms with Crippen LogP contribution in [0.25, 0.3) is 0 Å². The highest BCUT2D eigenvalue weighted by Gasteiger charge is 2.26. The molecule has 96 valence electrons. The van der Waals surface area contributed by atoms with E-state index in [1.807, 2.05) is 0 Å². The molecule has 0 saturated carbocycles. The van der Waals surface area contributed by atoms with Crippen molar-refractivity contribution in [1.29, 1.82) is 0 Å². The molecule has 1 heterocycles. The zero-order valence-corrected chi connectivity index (χ0v) is 11.2. The van der Waals surface area contributed by atoms with Gasteiger partial charge in [0.1, 0.15) is 0 Å². The lowest BCUT2D eigenvalue weighted by Gasteiger charge is -2.34. The molecule has 0 radical (unpaired) electrons. The van der Waals surface area contributed by atoms with Gasteiger partial charge in [-0.2, -0.15) is 0 Å². The molecule has 1 fully saturated rings. The summed E-state index contributed by atoms with van der Waals surface area (Å²) in [6.07, 6.45) is 4.55. The highest BCUT2D eigenvalue weighted by Crippen LogP contribution is 2.23. The number of hydrogen-bond donors (Lipinski definition) is 1. The van der Waals surface area contributed by atoms with Crippen LogP contribution in [0.4, 0.5) is 0 Å². The number of ether oxygens (including phenoxy) is 2. The first-order valence-electron chi connectivity index (χ1n) is 6.67. The zero-order valence-electron chi connectivity index (χ0n) is 11.2. The molecule has 0 aromatic carbocycles. The molecule has 0 spiro atoms. The maximum atomic E-state index is 6.14. The largest absolute Gasteiger partial charge is 0.375 e. The molecule has 3 heteroatoms. The number of rotatable bonds is 6. The van der Waals surface area contributed by atoms with Crippen LogP contribution in [-0.2, 0) is 9.47 Å². The van der Waals surface area contributed by atoms with Crippen molar-refractivity contribution >= 4 is 0 Å². The minimum absolute atomic E-state index is 0.338. The van der Waals surface area contributed by atoms with Gasteiger partial charge in [0.25, 0.3) is 0 Å². The van der Waals surface area contributed by atoms with Gasteiger partial charge in [0, 0.05) is 6.54 Å². The van der Waals surface area contributed by atoms with Crippen molar-refractivity contribution in [1.82, 2.24) is 5.32 Å². The Morgan fingerprint density at radius 3 is 2.38 bits per heavy atom. The first-order valence-corrected chi connectivity index (χ1v) is 6.67. The lowest BCUT2D eigenvalue weighted by Crippen LogP contribution is -2.39. The first-order chi connectivity index (χ1) is 7.65. The Labute approximate surface area is 99.9 Å². The third kappa shape index (κ3) is 4.81. The fourth-order valence-electron chi connectivity index (χ4n) is 2.32. The normalized spacial score (nSPS) is 32.6. The maximum Gasteiger partial charge on any atom is 0.0700 e. The van der Waals surface area contributed by atoms with E-state index in [9.17, 15) is 0 Å². The predicted molar refractivity (Wildman–Crippen MR) is 66.7 cm³/mol. The van der Waals surface area contributed by atoms with E-state index >= 15 is 0 Å². The van der Waals surface area contributed by atoms with Gasteiger partial charge in [-0.3, -0.25) is 0 Å². The van der Waals surface area contributed by atoms with Crippen LogP contribution in [0.5, 0.6) is 0 Å². The van der Waals surface area contributed by atoms with Crippen LogP contribution in [0, 0.1) is 0 Å². The fourth-order valence-corrected chi connectivity index (χ4v) is 2.32. The van der Waals surface area contributed by atoms with Crippen molar-refractivity contribution in [3.63, 3.8) is 0 Å². The monoisotopic (exact) mass is 229 g/mol. The summed E-state index contributed by atoms with van der Waals surface area (Å²) in [6.45, 7) is 10.6. The Hall–Kier alpha value is -0.120. The Bertz CT molecular complexity index is 177. The van der Waals surface area contributed by atoms with Crippen molar-refractivity contribution in [3.05, 3.63) is 0 Å². The van der Waals surface area contributed by atoms with Crippen LogP contribution < -0.4 is 5.32 Å². The molecule has 1 aliphatic rings. The maximum absolute atomic E-state index is 6.14. The van der Waals surface area contributed by atoms with Gasteiger partial charge in [-0.15, -0.1) is 0 Å². The van der Waals surface area contributed by atoms with E-state index in [1.54, 1.807) is 0 Å². The summed E-state index contributed by atoms with van der Waals surface area (Å²) in [4.78, 5) is 0. The van der Waals surface area contributed by atoms with Gasteiger partial charge in [-0.25, -0.2) is 0 Å². The van der Waals surface area contributed by atoms with Gasteiger partial charge < -0.3 is 14.8 Å². The van der Waals surface area contributed by atoms with Gasteiger partial charge in [0.15, 0.2) is 0 Å². The van der Waals surface area contributed by atoms with Crippen molar-refractivity contribution in [2.24, 2.45) is 0 Å². The number of likely N-dealkylation sites (N-methyl/N-ethyl adjacent to an activating group) is 1. The number of nitrogens with one attached hydrogen (secondary N) is 1. The fraction of sp³-hybridized carbons (Fsp3) is 1.00. The molecule has 0 aliphatic carbocycles. The van der Waals surface area contributed by atoms with Crippen molar-refractivity contribution in [2.75, 3.05) is 13.1 Å². The second-order valence-electron chi connectivity index (χ2n) is 4.82. The number of hydrogen-bond acceptors (Lipinski definition) is 3. The van der Waals surface area contributed by atoms with Gasteiger partial charge >= 0.3 is 0 Å². The second-order valence-corrected chi connectivity index (χ2v) is 4.82. The Morgan fingerprint density at radius 2 is 1.88 bits per heavy atom. The molecule has 3 nitrogen and oxygen atoms in total. The molecule has 0 amide bonds. The molecule has 0 bridgehead atoms. The van der Waals surface area contributed by atoms with E-state index in [0.717, 1.165) is 32.4 Å². The SMILES string of the molecule is CCNCC(CC)OC1CC(C)OC(C)C1. The van der Waals surface area contributed by atoms with Crippen LogP contribution in [0.1, 0.15) is 47.0 Å². The molecule has 16 heavy (non-hydrogen) atoms. The van der Waals surface area contributed by atoms with E-state index < -0.39 is 0 Å². The van der Waals surface area contributed by atoms with Gasteiger partial charge in [0.2, 0.25) is 0 Å². The lowest BCUT2D eigenvalue weighted by atomic mass is 10.0. The standard InChI is InChI=1S/C13H27NO2/c1-5-12(9-14-6-2)16-13-7-10(3)15-11(4)8-13/h10-14H,5-9H2,1-4H3. The summed E-state index contributed by atoms with van der Waals surface area (Å²) >= 11 is 0. The van der Waals surface area contributed by atoms with Crippen LogP contribution in [0.15, 0.2) is 0 Å². The summed E-state index contributed by atoms with van der Waals surface area (Å²) in [5, 5.41) is 3.36. The Balaban J connectivity index is 2.32. The van der Waals surface area contributed by atoms with Crippen molar-refractivity contribution in [3.8, 4) is 0 Å². The van der Waals surface area contributed by atoms with Gasteiger partial charge in [-0.05, 0) is 39.7 Å². The first kappa shape index (κ1) is 13.9. The molecule has 1 aliphatic heterocycles. The molecule has 1 N–H and O–H groups in total. The summed E-state index contributed by atoms with van der Waals surface area (Å²) in [7, 11) is 0. The minimum atomic E-state index is 0.338. The van der Waals surface area contributed by atoms with Gasteiger partial charge in [-0.1, -0.05) is 13.8 Å². The average Bonchev–Trinajstić information content (AvgIpc) is 2.22. The molecule has 1 rings (SSSR count). The van der Waals surface area contributed by atoms with E-state index in [1.165, 1.54) is 0 Å².